The zero-order valence-electron chi connectivity index (χ0n) is 17.0. The molecule has 0 spiro atoms. The molecule has 0 radical (unpaired) electrons. The third-order valence-electron chi connectivity index (χ3n) is 5.21. The first-order chi connectivity index (χ1) is 14.0. The van der Waals surface area contributed by atoms with Gasteiger partial charge in [-0.25, -0.2) is 0 Å². The van der Waals surface area contributed by atoms with Crippen molar-refractivity contribution in [3.63, 3.8) is 0 Å². The number of rotatable bonds is 8. The molecular formula is C22H29N3O4. The van der Waals surface area contributed by atoms with E-state index in [-0.39, 0.29) is 17.2 Å². The summed E-state index contributed by atoms with van der Waals surface area (Å²) in [5.74, 6) is -0.432. The van der Waals surface area contributed by atoms with Crippen molar-refractivity contribution in [3.05, 3.63) is 60.1 Å². The van der Waals surface area contributed by atoms with E-state index in [4.69, 9.17) is 9.15 Å². The Morgan fingerprint density at radius 3 is 2.48 bits per heavy atom. The molecule has 1 unspecified atom stereocenters. The van der Waals surface area contributed by atoms with Crippen molar-refractivity contribution in [3.8, 4) is 0 Å². The fourth-order valence-corrected chi connectivity index (χ4v) is 3.40. The van der Waals surface area contributed by atoms with Crippen molar-refractivity contribution in [2.75, 3.05) is 32.8 Å². The molecule has 29 heavy (non-hydrogen) atoms. The first-order valence-electron chi connectivity index (χ1n) is 9.94. The maximum atomic E-state index is 13.0. The van der Waals surface area contributed by atoms with Crippen LogP contribution < -0.4 is 10.6 Å². The Morgan fingerprint density at radius 1 is 1.10 bits per heavy atom. The number of carbonyl (C=O) groups excluding carboxylic acids is 2. The van der Waals surface area contributed by atoms with Crippen LogP contribution >= 0.6 is 0 Å². The van der Waals surface area contributed by atoms with Crippen LogP contribution in [0.3, 0.4) is 0 Å². The van der Waals surface area contributed by atoms with Gasteiger partial charge < -0.3 is 19.8 Å². The van der Waals surface area contributed by atoms with Crippen LogP contribution in [0.25, 0.3) is 0 Å². The molecule has 1 fully saturated rings. The summed E-state index contributed by atoms with van der Waals surface area (Å²) in [4.78, 5) is 27.7. The zero-order chi connectivity index (χ0) is 20.7. The fraction of sp³-hybridized carbons (Fsp3) is 0.455. The van der Waals surface area contributed by atoms with Gasteiger partial charge in [0.25, 0.3) is 5.91 Å². The third kappa shape index (κ3) is 5.92. The molecule has 2 aromatic rings. The lowest BCUT2D eigenvalue weighted by Gasteiger charge is -2.41. The number of amides is 2. The van der Waals surface area contributed by atoms with Gasteiger partial charge in [0.1, 0.15) is 6.04 Å². The van der Waals surface area contributed by atoms with Crippen LogP contribution in [0.15, 0.2) is 53.1 Å². The number of furan rings is 1. The van der Waals surface area contributed by atoms with Gasteiger partial charge in [-0.15, -0.1) is 0 Å². The van der Waals surface area contributed by atoms with Gasteiger partial charge >= 0.3 is 0 Å². The molecule has 1 aliphatic heterocycles. The van der Waals surface area contributed by atoms with Gasteiger partial charge in [0.05, 0.1) is 19.5 Å². The average Bonchev–Trinajstić information content (AvgIpc) is 3.28. The molecule has 1 atom stereocenters. The van der Waals surface area contributed by atoms with Gasteiger partial charge in [0.2, 0.25) is 5.91 Å². The number of hydrogen-bond donors (Lipinski definition) is 2. The molecule has 0 bridgehead atoms. The minimum Gasteiger partial charge on any atom is -0.459 e. The highest BCUT2D eigenvalue weighted by Gasteiger charge is 2.30. The van der Waals surface area contributed by atoms with Crippen LogP contribution in [0.5, 0.6) is 0 Å². The first kappa shape index (κ1) is 21.1. The van der Waals surface area contributed by atoms with Gasteiger partial charge in [0.15, 0.2) is 5.76 Å². The summed E-state index contributed by atoms with van der Waals surface area (Å²) in [6.07, 6.45) is 1.84. The van der Waals surface area contributed by atoms with Gasteiger partial charge in [0, 0.05) is 31.6 Å². The SMILES string of the molecule is CC(C)(CNC(=O)C(Cc1ccccc1)NC(=O)c1ccco1)N1CCOCC1. The van der Waals surface area contributed by atoms with Crippen LogP contribution in [0, 0.1) is 0 Å². The maximum absolute atomic E-state index is 13.0. The quantitative estimate of drug-likeness (QED) is 0.708. The summed E-state index contributed by atoms with van der Waals surface area (Å²) in [5.41, 5.74) is 0.765. The van der Waals surface area contributed by atoms with Crippen molar-refractivity contribution in [2.45, 2.75) is 31.8 Å². The van der Waals surface area contributed by atoms with E-state index in [1.807, 2.05) is 30.3 Å². The lowest BCUT2D eigenvalue weighted by atomic mass is 10.0. The Kier molecular flexibility index (Phi) is 7.06. The van der Waals surface area contributed by atoms with Crippen molar-refractivity contribution >= 4 is 11.8 Å². The van der Waals surface area contributed by atoms with Crippen LogP contribution in [-0.4, -0.2) is 61.1 Å². The predicted octanol–water partition coefficient (Wildman–Crippen LogP) is 1.85. The number of hydrogen-bond acceptors (Lipinski definition) is 5. The average molecular weight is 399 g/mol. The second kappa shape index (κ2) is 9.71. The molecule has 1 saturated heterocycles. The van der Waals surface area contributed by atoms with Gasteiger partial charge in [-0.1, -0.05) is 30.3 Å². The van der Waals surface area contributed by atoms with Crippen molar-refractivity contribution in [1.29, 1.82) is 0 Å². The number of benzene rings is 1. The standard InChI is InChI=1S/C22H29N3O4/c1-22(2,25-10-13-28-14-11-25)16-23-20(26)18(15-17-7-4-3-5-8-17)24-21(27)19-9-6-12-29-19/h3-9,12,18H,10-11,13-16H2,1-2H3,(H,23,26)(H,24,27). The smallest absolute Gasteiger partial charge is 0.287 e. The molecule has 0 aliphatic carbocycles. The molecule has 1 aliphatic rings. The van der Waals surface area contributed by atoms with Crippen LogP contribution in [0.2, 0.25) is 0 Å². The topological polar surface area (TPSA) is 83.8 Å². The van der Waals surface area contributed by atoms with E-state index in [1.165, 1.54) is 6.26 Å². The molecule has 1 aromatic heterocycles. The molecule has 2 N–H and O–H groups in total. The minimum atomic E-state index is -0.699. The Bertz CT molecular complexity index is 784. The van der Waals surface area contributed by atoms with E-state index in [0.29, 0.717) is 26.2 Å². The van der Waals surface area contributed by atoms with Crippen LogP contribution in [-0.2, 0) is 16.0 Å². The van der Waals surface area contributed by atoms with E-state index < -0.39 is 11.9 Å². The van der Waals surface area contributed by atoms with Gasteiger partial charge in [-0.2, -0.15) is 0 Å². The lowest BCUT2D eigenvalue weighted by molar-refractivity contribution is -0.123. The predicted molar refractivity (Wildman–Crippen MR) is 110 cm³/mol. The number of carbonyl (C=O) groups is 2. The summed E-state index contributed by atoms with van der Waals surface area (Å²) >= 11 is 0. The molecule has 3 rings (SSSR count). The number of nitrogens with one attached hydrogen (secondary N) is 2. The molecule has 7 heteroatoms. The molecule has 7 nitrogen and oxygen atoms in total. The van der Waals surface area contributed by atoms with Crippen LogP contribution in [0.1, 0.15) is 30.0 Å². The summed E-state index contributed by atoms with van der Waals surface area (Å²) in [6.45, 7) is 7.77. The maximum Gasteiger partial charge on any atom is 0.287 e. The summed E-state index contributed by atoms with van der Waals surface area (Å²) in [5, 5.41) is 5.83. The van der Waals surface area contributed by atoms with Crippen molar-refractivity contribution in [2.24, 2.45) is 0 Å². The Labute approximate surface area is 171 Å². The van der Waals surface area contributed by atoms with E-state index in [2.05, 4.69) is 29.4 Å². The fourth-order valence-electron chi connectivity index (χ4n) is 3.40. The molecule has 1 aromatic carbocycles. The second-order valence-electron chi connectivity index (χ2n) is 7.82. The zero-order valence-corrected chi connectivity index (χ0v) is 17.0. The summed E-state index contributed by atoms with van der Waals surface area (Å²) in [7, 11) is 0. The number of morpholine rings is 1. The highest BCUT2D eigenvalue weighted by molar-refractivity contribution is 5.95. The van der Waals surface area contributed by atoms with E-state index in [1.54, 1.807) is 12.1 Å². The first-order valence-corrected chi connectivity index (χ1v) is 9.94. The highest BCUT2D eigenvalue weighted by Crippen LogP contribution is 2.15. The second-order valence-corrected chi connectivity index (χ2v) is 7.82. The minimum absolute atomic E-state index is 0.185. The van der Waals surface area contributed by atoms with Crippen molar-refractivity contribution < 1.29 is 18.7 Å². The van der Waals surface area contributed by atoms with E-state index in [9.17, 15) is 9.59 Å². The largest absolute Gasteiger partial charge is 0.459 e. The van der Waals surface area contributed by atoms with Crippen molar-refractivity contribution in [1.82, 2.24) is 15.5 Å². The molecule has 2 heterocycles. The Hall–Kier alpha value is -2.64. The number of nitrogens with zero attached hydrogens (tertiary/aromatic N) is 1. The summed E-state index contributed by atoms with van der Waals surface area (Å²) in [6, 6.07) is 12.2. The van der Waals surface area contributed by atoms with Gasteiger partial charge in [-0.3, -0.25) is 14.5 Å². The Balaban J connectivity index is 1.65. The third-order valence-corrected chi connectivity index (χ3v) is 5.21. The Morgan fingerprint density at radius 2 is 1.83 bits per heavy atom. The summed E-state index contributed by atoms with van der Waals surface area (Å²) < 4.78 is 10.6. The molecular weight excluding hydrogens is 370 g/mol. The number of ether oxygens (including phenoxy) is 1. The lowest BCUT2D eigenvalue weighted by Crippen LogP contribution is -2.57. The highest BCUT2D eigenvalue weighted by atomic mass is 16.5. The van der Waals surface area contributed by atoms with E-state index in [0.717, 1.165) is 18.7 Å². The van der Waals surface area contributed by atoms with Gasteiger partial charge in [-0.05, 0) is 31.5 Å². The van der Waals surface area contributed by atoms with Crippen LogP contribution in [0.4, 0.5) is 0 Å². The van der Waals surface area contributed by atoms with E-state index >= 15 is 0 Å². The normalized spacial score (nSPS) is 16.2. The monoisotopic (exact) mass is 399 g/mol. The molecule has 156 valence electrons. The molecule has 0 saturated carbocycles. The molecule has 2 amide bonds.